The average Bonchev–Trinajstić information content (AvgIpc) is 3.62. The molecule has 6 rings (SSSR count). The summed E-state index contributed by atoms with van der Waals surface area (Å²) in [6, 6.07) is 0. The summed E-state index contributed by atoms with van der Waals surface area (Å²) < 4.78 is 24.9. The van der Waals surface area contributed by atoms with Crippen LogP contribution in [0.4, 0.5) is 0 Å². The predicted octanol–water partition coefficient (Wildman–Crippen LogP) is 8.68. The molecule has 0 unspecified atom stereocenters. The molecular weight excluding hydrogens is 633 g/mol. The molecule has 0 aromatic heterocycles. The molecule has 0 amide bonds. The lowest BCUT2D eigenvalue weighted by atomic mass is 10.1. The van der Waals surface area contributed by atoms with E-state index in [1.165, 1.54) is 0 Å². The van der Waals surface area contributed by atoms with Crippen molar-refractivity contribution in [2.24, 2.45) is 0 Å². The molecule has 2 aliphatic heterocycles. The van der Waals surface area contributed by atoms with Gasteiger partial charge in [-0.25, -0.2) is 37.9 Å². The van der Waals surface area contributed by atoms with E-state index < -0.39 is 40.3 Å². The van der Waals surface area contributed by atoms with Gasteiger partial charge in [-0.15, -0.1) is 0 Å². The molecule has 0 N–H and O–H groups in total. The van der Waals surface area contributed by atoms with Crippen molar-refractivity contribution >= 4 is 17.1 Å². The summed E-state index contributed by atoms with van der Waals surface area (Å²) in [5, 5.41) is 0. The minimum Gasteiger partial charge on any atom is -0.241 e. The van der Waals surface area contributed by atoms with E-state index in [2.05, 4.69) is 0 Å². The second-order valence-electron chi connectivity index (χ2n) is 14.7. The Bertz CT molecular complexity index is 826. The molecule has 6 aliphatic rings. The highest BCUT2D eigenvalue weighted by molar-refractivity contribution is 6.76. The van der Waals surface area contributed by atoms with E-state index in [9.17, 15) is 0 Å². The highest BCUT2D eigenvalue weighted by Gasteiger charge is 2.52. The van der Waals surface area contributed by atoms with Crippen molar-refractivity contribution in [2.75, 3.05) is 0 Å². The van der Waals surface area contributed by atoms with Gasteiger partial charge in [-0.2, -0.15) is 19.6 Å². The smallest absolute Gasteiger partial charge is 0.241 e. The highest BCUT2D eigenvalue weighted by atomic mass is 28.4. The Hall–Kier alpha value is -0.306. The van der Waals surface area contributed by atoms with Crippen LogP contribution < -0.4 is 0 Å². The zero-order valence-corrected chi connectivity index (χ0v) is 30.0. The fourth-order valence-corrected chi connectivity index (χ4v) is 11.1. The Morgan fingerprint density at radius 3 is 0.696 bits per heavy atom. The van der Waals surface area contributed by atoms with Gasteiger partial charge in [0.05, 0.1) is 0 Å². The largest absolute Gasteiger partial charge is 0.429 e. The Labute approximate surface area is 276 Å². The Kier molecular flexibility index (Phi) is 12.1. The number of rotatable bonds is 2. The van der Waals surface area contributed by atoms with E-state index in [0.717, 1.165) is 103 Å². The predicted molar refractivity (Wildman–Crippen MR) is 167 cm³/mol. The van der Waals surface area contributed by atoms with E-state index in [1.54, 1.807) is 0 Å². The van der Waals surface area contributed by atoms with E-state index >= 15 is 0 Å². The molecule has 12 nitrogen and oxygen atoms in total. The van der Waals surface area contributed by atoms with Crippen LogP contribution in [0.15, 0.2) is 11.4 Å². The summed E-state index contributed by atoms with van der Waals surface area (Å²) in [6.45, 7) is 3.73. The maximum absolute atomic E-state index is 6.21. The fourth-order valence-electron chi connectivity index (χ4n) is 7.17. The van der Waals surface area contributed by atoms with Crippen LogP contribution in [0.2, 0.25) is 13.1 Å². The van der Waals surface area contributed by atoms with Gasteiger partial charge in [0.1, 0.15) is 0 Å². The van der Waals surface area contributed by atoms with Crippen molar-refractivity contribution in [3.63, 3.8) is 0 Å². The molecule has 264 valence electrons. The zero-order valence-electron chi connectivity index (χ0n) is 28.0. The van der Waals surface area contributed by atoms with Gasteiger partial charge in [0.25, 0.3) is 0 Å². The lowest BCUT2D eigenvalue weighted by molar-refractivity contribution is -0.551. The standard InChI is InChI=1S/C32H56O12Si2/c1-45(41-37-29(19-11-3-4-12-20-29)33-34-30(38-42-45)21-13-5-6-14-22-30)27-28-46(2)43-39-31(23-15-7-8-16-24-31)35-36-32(40-44-46)25-17-9-10-18-26-32/h27-28H,3-26H2,1-2H3/b28-27+. The molecule has 6 fully saturated rings. The molecule has 2 saturated heterocycles. The summed E-state index contributed by atoms with van der Waals surface area (Å²) in [5.74, 6) is -4.17. The summed E-state index contributed by atoms with van der Waals surface area (Å²) in [4.78, 5) is 49.4. The van der Waals surface area contributed by atoms with E-state index in [0.29, 0.717) is 51.4 Å². The summed E-state index contributed by atoms with van der Waals surface area (Å²) in [5.41, 5.74) is 3.65. The second-order valence-corrected chi connectivity index (χ2v) is 20.1. The molecular formula is C32H56O12Si2. The van der Waals surface area contributed by atoms with Gasteiger partial charge >= 0.3 is 17.1 Å². The third kappa shape index (κ3) is 9.27. The molecule has 2 heterocycles. The normalized spacial score (nSPS) is 36.3. The molecule has 0 radical (unpaired) electrons. The SMILES string of the molecule is C[Si]1(/C=C/[Si]2(C)OOC3(CCCCCC3)OOC3(CCCCCC3)OO2)OOC2(CCCCCC2)OOC2(CCCCCC2)OO1. The first-order valence-electron chi connectivity index (χ1n) is 18.2. The first kappa shape index (κ1) is 35.5. The van der Waals surface area contributed by atoms with Crippen LogP contribution in [-0.4, -0.2) is 40.3 Å². The van der Waals surface area contributed by atoms with Crippen LogP contribution >= 0.6 is 0 Å². The van der Waals surface area contributed by atoms with Crippen molar-refractivity contribution in [1.29, 1.82) is 0 Å². The monoisotopic (exact) mass is 688 g/mol. The van der Waals surface area contributed by atoms with Gasteiger partial charge in [-0.1, -0.05) is 51.4 Å². The molecule has 4 saturated carbocycles. The molecule has 0 aromatic rings. The third-order valence-corrected chi connectivity index (χ3v) is 13.8. The van der Waals surface area contributed by atoms with Crippen LogP contribution in [0.3, 0.4) is 0 Å². The van der Waals surface area contributed by atoms with Gasteiger partial charge in [0.2, 0.25) is 23.1 Å². The van der Waals surface area contributed by atoms with Crippen LogP contribution in [0.5, 0.6) is 0 Å². The summed E-state index contributed by atoms with van der Waals surface area (Å²) in [6.07, 6.45) is 21.7. The summed E-state index contributed by atoms with van der Waals surface area (Å²) >= 11 is 0. The van der Waals surface area contributed by atoms with Crippen molar-refractivity contribution in [1.82, 2.24) is 0 Å². The second kappa shape index (κ2) is 15.7. The van der Waals surface area contributed by atoms with Gasteiger partial charge in [-0.3, -0.25) is 0 Å². The van der Waals surface area contributed by atoms with Crippen LogP contribution in [0, 0.1) is 0 Å². The van der Waals surface area contributed by atoms with Gasteiger partial charge < -0.3 is 0 Å². The topological polar surface area (TPSA) is 111 Å². The molecule has 4 spiro atoms. The van der Waals surface area contributed by atoms with E-state index in [-0.39, 0.29) is 0 Å². The lowest BCUT2D eigenvalue weighted by Gasteiger charge is -2.33. The quantitative estimate of drug-likeness (QED) is 0.204. The first-order chi connectivity index (χ1) is 22.3. The molecule has 0 aromatic carbocycles. The van der Waals surface area contributed by atoms with Crippen molar-refractivity contribution in [2.45, 2.75) is 190 Å². The molecule has 0 atom stereocenters. The number of hydrogen-bond acceptors (Lipinski definition) is 12. The first-order valence-corrected chi connectivity index (χ1v) is 23.0. The third-order valence-electron chi connectivity index (χ3n) is 10.3. The van der Waals surface area contributed by atoms with E-state index in [1.807, 2.05) is 24.5 Å². The highest BCUT2D eigenvalue weighted by Crippen LogP contribution is 2.42. The molecule has 46 heavy (non-hydrogen) atoms. The maximum Gasteiger partial charge on any atom is 0.429 e. The Morgan fingerprint density at radius 2 is 0.500 bits per heavy atom. The molecule has 14 heteroatoms. The molecule has 4 aliphatic carbocycles. The van der Waals surface area contributed by atoms with Crippen LogP contribution in [-0.2, 0) is 57.4 Å². The van der Waals surface area contributed by atoms with Crippen molar-refractivity contribution in [3.05, 3.63) is 11.4 Å². The summed E-state index contributed by atoms with van der Waals surface area (Å²) in [7, 11) is -6.75. The van der Waals surface area contributed by atoms with E-state index in [4.69, 9.17) is 57.4 Å². The Balaban J connectivity index is 1.26. The fraction of sp³-hybridized carbons (Fsp3) is 0.938. The van der Waals surface area contributed by atoms with Crippen LogP contribution in [0.1, 0.15) is 154 Å². The number of hydrogen-bond donors (Lipinski definition) is 0. The van der Waals surface area contributed by atoms with Crippen molar-refractivity contribution in [3.8, 4) is 0 Å². The van der Waals surface area contributed by atoms with Crippen molar-refractivity contribution < 1.29 is 57.4 Å². The van der Waals surface area contributed by atoms with Gasteiger partial charge in [-0.05, 0) is 75.9 Å². The van der Waals surface area contributed by atoms with Crippen LogP contribution in [0.25, 0.3) is 0 Å². The maximum atomic E-state index is 6.21. The average molecular weight is 689 g/mol. The minimum atomic E-state index is -3.37. The molecule has 0 bridgehead atoms. The lowest BCUT2D eigenvalue weighted by Crippen LogP contribution is -2.46. The van der Waals surface area contributed by atoms with Gasteiger partial charge in [0, 0.05) is 51.4 Å². The van der Waals surface area contributed by atoms with Gasteiger partial charge in [0.15, 0.2) is 0 Å². The Morgan fingerprint density at radius 1 is 0.304 bits per heavy atom. The zero-order chi connectivity index (χ0) is 31.9. The minimum absolute atomic E-state index is 0.655.